The lowest BCUT2D eigenvalue weighted by Gasteiger charge is -2.20. The molecule has 8 nitrogen and oxygen atoms in total. The van der Waals surface area contributed by atoms with E-state index in [-0.39, 0.29) is 12.5 Å². The van der Waals surface area contributed by atoms with Gasteiger partial charge in [-0.1, -0.05) is 35.0 Å². The molecule has 2 aromatic carbocycles. The molecule has 2 heterocycles. The van der Waals surface area contributed by atoms with Crippen molar-refractivity contribution in [1.29, 1.82) is 0 Å². The van der Waals surface area contributed by atoms with Gasteiger partial charge in [0.25, 0.3) is 11.8 Å². The molecule has 0 saturated carbocycles. The van der Waals surface area contributed by atoms with Gasteiger partial charge in [0.05, 0.1) is 5.69 Å². The molecule has 1 saturated heterocycles. The maximum Gasteiger partial charge on any atom is 0.263 e. The van der Waals surface area contributed by atoms with Crippen molar-refractivity contribution in [2.24, 2.45) is 10.3 Å². The van der Waals surface area contributed by atoms with E-state index in [4.69, 9.17) is 11.6 Å². The van der Waals surface area contributed by atoms with Gasteiger partial charge in [0.1, 0.15) is 6.54 Å². The van der Waals surface area contributed by atoms with Gasteiger partial charge in [-0.05, 0) is 49.2 Å². The molecule has 2 aromatic rings. The second kappa shape index (κ2) is 7.29. The van der Waals surface area contributed by atoms with Crippen molar-refractivity contribution in [3.05, 3.63) is 58.6 Å². The van der Waals surface area contributed by atoms with Crippen LogP contribution < -0.4 is 10.2 Å². The topological polar surface area (TPSA) is 94.4 Å². The van der Waals surface area contributed by atoms with Gasteiger partial charge in [-0.15, -0.1) is 0 Å². The zero-order valence-corrected chi connectivity index (χ0v) is 16.6. The first-order chi connectivity index (χ1) is 13.9. The van der Waals surface area contributed by atoms with Gasteiger partial charge >= 0.3 is 0 Å². The van der Waals surface area contributed by atoms with E-state index in [1.54, 1.807) is 24.3 Å². The Morgan fingerprint density at radius 1 is 1.14 bits per heavy atom. The third-order valence-corrected chi connectivity index (χ3v) is 5.34. The summed E-state index contributed by atoms with van der Waals surface area (Å²) in [5.41, 5.74) is 3.08. The van der Waals surface area contributed by atoms with Crippen LogP contribution in [0.25, 0.3) is 0 Å². The van der Waals surface area contributed by atoms with Gasteiger partial charge in [0, 0.05) is 10.7 Å². The Morgan fingerprint density at radius 3 is 2.66 bits per heavy atom. The number of nitrogens with one attached hydrogen (secondary N) is 1. The molecular weight excluding hydrogens is 394 g/mol. The predicted molar refractivity (Wildman–Crippen MR) is 108 cm³/mol. The van der Waals surface area contributed by atoms with Crippen LogP contribution in [-0.2, 0) is 14.4 Å². The number of nitrogens with zero attached hydrogens (tertiary/aromatic N) is 4. The normalized spacial score (nSPS) is 20.4. The molecule has 1 N–H and O–H groups in total. The number of imide groups is 1. The predicted octanol–water partition coefficient (Wildman–Crippen LogP) is 2.89. The Balaban J connectivity index is 1.50. The van der Waals surface area contributed by atoms with Crippen LogP contribution in [-0.4, -0.2) is 41.4 Å². The van der Waals surface area contributed by atoms with E-state index in [9.17, 15) is 14.4 Å². The van der Waals surface area contributed by atoms with Crippen LogP contribution in [0.2, 0.25) is 5.02 Å². The van der Waals surface area contributed by atoms with Gasteiger partial charge in [0.15, 0.2) is 12.1 Å². The first-order valence-corrected chi connectivity index (χ1v) is 9.41. The Kier molecular flexibility index (Phi) is 4.79. The van der Waals surface area contributed by atoms with Crippen LogP contribution in [0.15, 0.2) is 52.8 Å². The first-order valence-electron chi connectivity index (χ1n) is 9.03. The Morgan fingerprint density at radius 2 is 1.90 bits per heavy atom. The van der Waals surface area contributed by atoms with Crippen molar-refractivity contribution in [2.75, 3.05) is 16.8 Å². The second-order valence-corrected chi connectivity index (χ2v) is 7.42. The van der Waals surface area contributed by atoms with Crippen LogP contribution in [0.4, 0.5) is 11.4 Å². The summed E-state index contributed by atoms with van der Waals surface area (Å²) in [7, 11) is 0. The number of carbonyl (C=O) groups excluding carboxylic acids is 3. The molecule has 9 heteroatoms. The molecule has 29 heavy (non-hydrogen) atoms. The van der Waals surface area contributed by atoms with Crippen molar-refractivity contribution in [3.63, 3.8) is 0 Å². The van der Waals surface area contributed by atoms with Crippen molar-refractivity contribution >= 4 is 40.7 Å². The average Bonchev–Trinajstić information content (AvgIpc) is 3.19. The van der Waals surface area contributed by atoms with Crippen molar-refractivity contribution in [1.82, 2.24) is 5.01 Å². The van der Waals surface area contributed by atoms with Crippen LogP contribution >= 0.6 is 11.6 Å². The molecule has 148 valence electrons. The summed E-state index contributed by atoms with van der Waals surface area (Å²) in [6, 6.07) is 10.2. The fraction of sp³-hybridized carbons (Fsp3) is 0.250. The number of anilines is 2. The molecule has 2 aliphatic rings. The zero-order valence-electron chi connectivity index (χ0n) is 15.8. The molecule has 2 atom stereocenters. The highest BCUT2D eigenvalue weighted by atomic mass is 35.5. The number of carbonyl (C=O) groups is 3. The van der Waals surface area contributed by atoms with E-state index in [1.165, 1.54) is 11.1 Å². The minimum atomic E-state index is -0.963. The molecule has 1 fully saturated rings. The van der Waals surface area contributed by atoms with Crippen molar-refractivity contribution < 1.29 is 14.4 Å². The number of benzene rings is 2. The highest BCUT2D eigenvalue weighted by Crippen LogP contribution is 2.32. The summed E-state index contributed by atoms with van der Waals surface area (Å²) in [4.78, 5) is 39.2. The Labute approximate surface area is 172 Å². The number of rotatable bonds is 4. The maximum atomic E-state index is 12.9. The van der Waals surface area contributed by atoms with E-state index in [0.29, 0.717) is 16.4 Å². The molecule has 4 rings (SSSR count). The third kappa shape index (κ3) is 3.36. The largest absolute Gasteiger partial charge is 0.324 e. The standard InChI is InChI=1S/C20H18ClN5O3/c1-11-5-3-8-15(12(11)2)22-16(27)10-25-18-17(23-24-25)19(28)26(20(18)29)14-7-4-6-13(21)9-14/h3-9,17-18H,10H2,1-2H3,(H,22,27). The highest BCUT2D eigenvalue weighted by Gasteiger charge is 2.55. The average molecular weight is 412 g/mol. The number of halogens is 1. The van der Waals surface area contributed by atoms with E-state index in [0.717, 1.165) is 16.0 Å². The van der Waals surface area contributed by atoms with Crippen molar-refractivity contribution in [3.8, 4) is 0 Å². The van der Waals surface area contributed by atoms with Gasteiger partial charge in [0.2, 0.25) is 5.91 Å². The molecule has 2 aliphatic heterocycles. The fourth-order valence-electron chi connectivity index (χ4n) is 3.45. The quantitative estimate of drug-likeness (QED) is 0.782. The first kappa shape index (κ1) is 19.1. The minimum absolute atomic E-state index is 0.194. The lowest BCUT2D eigenvalue weighted by molar-refractivity contribution is -0.123. The van der Waals surface area contributed by atoms with Crippen molar-refractivity contribution in [2.45, 2.75) is 25.9 Å². The number of hydrogen-bond donors (Lipinski definition) is 1. The van der Waals surface area contributed by atoms with Gasteiger partial charge in [-0.2, -0.15) is 5.11 Å². The Hall–Kier alpha value is -3.26. The van der Waals surface area contributed by atoms with Gasteiger partial charge in [-0.3, -0.25) is 19.4 Å². The van der Waals surface area contributed by atoms with Gasteiger partial charge in [-0.25, -0.2) is 4.90 Å². The van der Waals surface area contributed by atoms with Crippen LogP contribution in [0.1, 0.15) is 11.1 Å². The van der Waals surface area contributed by atoms with E-state index in [2.05, 4.69) is 15.7 Å². The monoisotopic (exact) mass is 411 g/mol. The molecule has 0 radical (unpaired) electrons. The molecule has 2 unspecified atom stereocenters. The number of aryl methyl sites for hydroxylation is 1. The van der Waals surface area contributed by atoms with E-state index < -0.39 is 23.9 Å². The number of fused-ring (bicyclic) bond motifs is 1. The van der Waals surface area contributed by atoms with E-state index in [1.807, 2.05) is 26.0 Å². The molecule has 0 spiro atoms. The van der Waals surface area contributed by atoms with Crippen LogP contribution in [0.3, 0.4) is 0 Å². The molecule has 0 aromatic heterocycles. The number of hydrogen-bond acceptors (Lipinski definition) is 6. The molecular formula is C20H18ClN5O3. The molecule has 0 aliphatic carbocycles. The molecule has 3 amide bonds. The fourth-order valence-corrected chi connectivity index (χ4v) is 3.63. The molecule has 0 bridgehead atoms. The SMILES string of the molecule is Cc1cccc(NC(=O)CN2N=NC3C(=O)N(c4cccc(Cl)c4)C(=O)C32)c1C. The highest BCUT2D eigenvalue weighted by molar-refractivity contribution is 6.31. The summed E-state index contributed by atoms with van der Waals surface area (Å²) < 4.78 is 0. The Bertz CT molecular complexity index is 1050. The van der Waals surface area contributed by atoms with Gasteiger partial charge < -0.3 is 5.32 Å². The number of amides is 3. The van der Waals surface area contributed by atoms with Crippen LogP contribution in [0.5, 0.6) is 0 Å². The summed E-state index contributed by atoms with van der Waals surface area (Å²) >= 11 is 5.98. The maximum absolute atomic E-state index is 12.9. The summed E-state index contributed by atoms with van der Waals surface area (Å²) in [6.07, 6.45) is 0. The summed E-state index contributed by atoms with van der Waals surface area (Å²) in [6.45, 7) is 3.68. The smallest absolute Gasteiger partial charge is 0.263 e. The second-order valence-electron chi connectivity index (χ2n) is 6.98. The third-order valence-electron chi connectivity index (χ3n) is 5.11. The van der Waals surface area contributed by atoms with Crippen LogP contribution in [0, 0.1) is 13.8 Å². The summed E-state index contributed by atoms with van der Waals surface area (Å²) in [5.74, 6) is -1.31. The minimum Gasteiger partial charge on any atom is -0.324 e. The zero-order chi connectivity index (χ0) is 20.7. The summed E-state index contributed by atoms with van der Waals surface area (Å²) in [5, 5.41) is 12.3. The van der Waals surface area contributed by atoms with E-state index >= 15 is 0 Å². The lowest BCUT2D eigenvalue weighted by Crippen LogP contribution is -2.43. The lowest BCUT2D eigenvalue weighted by atomic mass is 10.1.